The molecule has 1 aliphatic rings. The second kappa shape index (κ2) is 5.54. The Morgan fingerprint density at radius 1 is 1.41 bits per heavy atom. The fraction of sp³-hybridized carbons (Fsp3) is 0.462. The summed E-state index contributed by atoms with van der Waals surface area (Å²) in [7, 11) is 0. The highest BCUT2D eigenvalue weighted by molar-refractivity contribution is 9.10. The number of carbonyl (C=O) groups is 1. The minimum Gasteiger partial charge on any atom is -0.492 e. The first-order chi connectivity index (χ1) is 8.16. The van der Waals surface area contributed by atoms with E-state index < -0.39 is 5.97 Å². The first kappa shape index (κ1) is 12.4. The molecule has 0 heterocycles. The van der Waals surface area contributed by atoms with Crippen LogP contribution in [0.4, 0.5) is 0 Å². The van der Waals surface area contributed by atoms with Gasteiger partial charge in [-0.3, -0.25) is 0 Å². The zero-order valence-corrected chi connectivity index (χ0v) is 11.1. The van der Waals surface area contributed by atoms with Gasteiger partial charge in [-0.05, 0) is 37.0 Å². The van der Waals surface area contributed by atoms with Gasteiger partial charge in [-0.15, -0.1) is 0 Å². The Morgan fingerprint density at radius 3 is 2.76 bits per heavy atom. The quantitative estimate of drug-likeness (QED) is 0.921. The lowest BCUT2D eigenvalue weighted by molar-refractivity contribution is 0.0691. The molecule has 3 nitrogen and oxygen atoms in total. The second-order valence-corrected chi connectivity index (χ2v) is 5.32. The van der Waals surface area contributed by atoms with Gasteiger partial charge in [0.1, 0.15) is 11.3 Å². The molecule has 0 radical (unpaired) electrons. The fourth-order valence-corrected chi connectivity index (χ4v) is 2.54. The first-order valence-electron chi connectivity index (χ1n) is 5.82. The lowest BCUT2D eigenvalue weighted by Gasteiger charge is -2.13. The highest BCUT2D eigenvalue weighted by Gasteiger charge is 2.17. The smallest absolute Gasteiger partial charge is 0.339 e. The van der Waals surface area contributed by atoms with Crippen LogP contribution < -0.4 is 4.74 Å². The van der Waals surface area contributed by atoms with Crippen LogP contribution in [0.3, 0.4) is 0 Å². The van der Waals surface area contributed by atoms with Gasteiger partial charge >= 0.3 is 5.97 Å². The van der Waals surface area contributed by atoms with Crippen molar-refractivity contribution in [2.45, 2.75) is 25.7 Å². The lowest BCUT2D eigenvalue weighted by atomic mass is 10.1. The average Bonchev–Trinajstić information content (AvgIpc) is 2.80. The number of halogens is 1. The van der Waals surface area contributed by atoms with E-state index in [1.165, 1.54) is 25.7 Å². The van der Waals surface area contributed by atoms with E-state index in [4.69, 9.17) is 9.84 Å². The molecule has 92 valence electrons. The maximum atomic E-state index is 11.1. The van der Waals surface area contributed by atoms with E-state index in [1.54, 1.807) is 18.2 Å². The number of aromatic carboxylic acids is 1. The van der Waals surface area contributed by atoms with Crippen LogP contribution >= 0.6 is 15.9 Å². The molecule has 2 rings (SSSR count). The third kappa shape index (κ3) is 3.22. The van der Waals surface area contributed by atoms with Gasteiger partial charge in [0.15, 0.2) is 0 Å². The normalized spacial score (nSPS) is 16.1. The van der Waals surface area contributed by atoms with Crippen molar-refractivity contribution in [3.63, 3.8) is 0 Å². The summed E-state index contributed by atoms with van der Waals surface area (Å²) in [6.07, 6.45) is 4.91. The summed E-state index contributed by atoms with van der Waals surface area (Å²) in [4.78, 5) is 11.1. The number of hydrogen-bond donors (Lipinski definition) is 1. The summed E-state index contributed by atoms with van der Waals surface area (Å²) in [5, 5.41) is 9.08. The number of ether oxygens (including phenoxy) is 1. The van der Waals surface area contributed by atoms with Crippen molar-refractivity contribution >= 4 is 21.9 Å². The first-order valence-corrected chi connectivity index (χ1v) is 6.62. The Labute approximate surface area is 109 Å². The largest absolute Gasteiger partial charge is 0.492 e. The van der Waals surface area contributed by atoms with Gasteiger partial charge in [-0.25, -0.2) is 4.79 Å². The molecular formula is C13H15BrO3. The van der Waals surface area contributed by atoms with E-state index in [0.29, 0.717) is 18.3 Å². The minimum atomic E-state index is -0.951. The Morgan fingerprint density at radius 2 is 2.12 bits per heavy atom. The van der Waals surface area contributed by atoms with Crippen LogP contribution in [0.2, 0.25) is 0 Å². The van der Waals surface area contributed by atoms with E-state index in [-0.39, 0.29) is 5.56 Å². The predicted octanol–water partition coefficient (Wildman–Crippen LogP) is 3.72. The van der Waals surface area contributed by atoms with Crippen LogP contribution in [-0.2, 0) is 0 Å². The van der Waals surface area contributed by atoms with Gasteiger partial charge in [0.05, 0.1) is 6.61 Å². The van der Waals surface area contributed by atoms with Crippen molar-refractivity contribution in [3.8, 4) is 5.75 Å². The maximum Gasteiger partial charge on any atom is 0.339 e. The van der Waals surface area contributed by atoms with Gasteiger partial charge in [0, 0.05) is 4.47 Å². The zero-order valence-electron chi connectivity index (χ0n) is 9.49. The molecule has 0 amide bonds. The van der Waals surface area contributed by atoms with Crippen molar-refractivity contribution < 1.29 is 14.6 Å². The predicted molar refractivity (Wildman–Crippen MR) is 68.6 cm³/mol. The SMILES string of the molecule is O=C(O)c1cc(Br)ccc1OCC1CCCC1. The molecule has 1 N–H and O–H groups in total. The molecule has 1 aromatic carbocycles. The van der Waals surface area contributed by atoms with Crippen LogP contribution in [0.1, 0.15) is 36.0 Å². The molecule has 0 spiro atoms. The number of hydrogen-bond acceptors (Lipinski definition) is 2. The highest BCUT2D eigenvalue weighted by Crippen LogP contribution is 2.28. The summed E-state index contributed by atoms with van der Waals surface area (Å²) < 4.78 is 6.39. The van der Waals surface area contributed by atoms with Crippen molar-refractivity contribution in [1.29, 1.82) is 0 Å². The monoisotopic (exact) mass is 298 g/mol. The highest BCUT2D eigenvalue weighted by atomic mass is 79.9. The molecular weight excluding hydrogens is 284 g/mol. The van der Waals surface area contributed by atoms with Gasteiger partial charge in [-0.1, -0.05) is 28.8 Å². The molecule has 1 fully saturated rings. The van der Waals surface area contributed by atoms with Crippen molar-refractivity contribution in [2.24, 2.45) is 5.92 Å². The van der Waals surface area contributed by atoms with Crippen LogP contribution in [0.15, 0.2) is 22.7 Å². The molecule has 0 aromatic heterocycles. The van der Waals surface area contributed by atoms with E-state index in [0.717, 1.165) is 4.47 Å². The van der Waals surface area contributed by atoms with E-state index in [1.807, 2.05) is 0 Å². The van der Waals surface area contributed by atoms with Gasteiger partial charge in [0.25, 0.3) is 0 Å². The molecule has 0 bridgehead atoms. The Bertz CT molecular complexity index is 411. The van der Waals surface area contributed by atoms with Crippen molar-refractivity contribution in [2.75, 3.05) is 6.61 Å². The van der Waals surface area contributed by atoms with E-state index in [2.05, 4.69) is 15.9 Å². The molecule has 1 aromatic rings. The van der Waals surface area contributed by atoms with Crippen LogP contribution in [0.5, 0.6) is 5.75 Å². The molecule has 0 aliphatic heterocycles. The molecule has 0 saturated heterocycles. The number of benzene rings is 1. The topological polar surface area (TPSA) is 46.5 Å². The number of carboxylic acids is 1. The summed E-state index contributed by atoms with van der Waals surface area (Å²) in [6.45, 7) is 0.627. The Kier molecular flexibility index (Phi) is 4.05. The fourth-order valence-electron chi connectivity index (χ4n) is 2.18. The van der Waals surface area contributed by atoms with Crippen molar-refractivity contribution in [1.82, 2.24) is 0 Å². The van der Waals surface area contributed by atoms with Crippen molar-refractivity contribution in [3.05, 3.63) is 28.2 Å². The third-order valence-electron chi connectivity index (χ3n) is 3.12. The summed E-state index contributed by atoms with van der Waals surface area (Å²) in [5.41, 5.74) is 0.220. The summed E-state index contributed by atoms with van der Waals surface area (Å²) in [5.74, 6) is 0.0978. The minimum absolute atomic E-state index is 0.220. The van der Waals surface area contributed by atoms with Crippen LogP contribution in [0.25, 0.3) is 0 Å². The van der Waals surface area contributed by atoms with Crippen LogP contribution in [0, 0.1) is 5.92 Å². The average molecular weight is 299 g/mol. The third-order valence-corrected chi connectivity index (χ3v) is 3.61. The second-order valence-electron chi connectivity index (χ2n) is 4.41. The molecule has 17 heavy (non-hydrogen) atoms. The molecule has 4 heteroatoms. The van der Waals surface area contributed by atoms with E-state index >= 15 is 0 Å². The van der Waals surface area contributed by atoms with Crippen LogP contribution in [-0.4, -0.2) is 17.7 Å². The maximum absolute atomic E-state index is 11.1. The zero-order chi connectivity index (χ0) is 12.3. The van der Waals surface area contributed by atoms with Gasteiger partial charge in [0.2, 0.25) is 0 Å². The summed E-state index contributed by atoms with van der Waals surface area (Å²) in [6, 6.07) is 5.09. The number of rotatable bonds is 4. The molecule has 1 saturated carbocycles. The lowest BCUT2D eigenvalue weighted by Crippen LogP contribution is -2.10. The van der Waals surface area contributed by atoms with Gasteiger partial charge < -0.3 is 9.84 Å². The Hall–Kier alpha value is -1.03. The molecule has 1 aliphatic carbocycles. The molecule has 0 atom stereocenters. The summed E-state index contributed by atoms with van der Waals surface area (Å²) >= 11 is 3.26. The number of carboxylic acid groups (broad SMARTS) is 1. The standard InChI is InChI=1S/C13H15BrO3/c14-10-5-6-12(11(7-10)13(15)16)17-8-9-3-1-2-4-9/h5-7,9H,1-4,8H2,(H,15,16). The van der Waals surface area contributed by atoms with Gasteiger partial charge in [-0.2, -0.15) is 0 Å². The molecule has 0 unspecified atom stereocenters. The van der Waals surface area contributed by atoms with E-state index in [9.17, 15) is 4.79 Å². The Balaban J connectivity index is 2.06.